The molecule has 76 valence electrons. The lowest BCUT2D eigenvalue weighted by atomic mass is 10.0. The summed E-state index contributed by atoms with van der Waals surface area (Å²) in [7, 11) is 2.08. The van der Waals surface area contributed by atoms with Gasteiger partial charge in [0.2, 0.25) is 0 Å². The van der Waals surface area contributed by atoms with Gasteiger partial charge in [-0.15, -0.1) is 0 Å². The summed E-state index contributed by atoms with van der Waals surface area (Å²) < 4.78 is 5.81. The van der Waals surface area contributed by atoms with Crippen molar-refractivity contribution in [1.29, 1.82) is 0 Å². The van der Waals surface area contributed by atoms with E-state index in [0.29, 0.717) is 0 Å². The van der Waals surface area contributed by atoms with Crippen molar-refractivity contribution in [2.45, 2.75) is 13.5 Å². The molecule has 2 heteroatoms. The Balaban J connectivity index is 2.37. The first kappa shape index (κ1) is 8.60. The molecular weight excluding hydrogens is 186 g/mol. The summed E-state index contributed by atoms with van der Waals surface area (Å²) in [6, 6.07) is 6.21. The molecule has 0 bridgehead atoms. The Hall–Kier alpha value is -1.70. The first-order chi connectivity index (χ1) is 7.25. The molecule has 3 rings (SSSR count). The Bertz CT molecular complexity index is 551. The molecule has 0 radical (unpaired) electrons. The van der Waals surface area contributed by atoms with Gasteiger partial charge in [-0.05, 0) is 24.6 Å². The smallest absolute Gasteiger partial charge is 0.135 e. The molecule has 0 atom stereocenters. The number of benzene rings is 1. The third kappa shape index (κ3) is 1.18. The predicted molar refractivity (Wildman–Crippen MR) is 61.5 cm³/mol. The number of furan rings is 1. The van der Waals surface area contributed by atoms with Gasteiger partial charge in [0.15, 0.2) is 0 Å². The normalized spacial score (nSPS) is 14.7. The van der Waals surface area contributed by atoms with Gasteiger partial charge < -0.3 is 9.32 Å². The summed E-state index contributed by atoms with van der Waals surface area (Å²) in [6.07, 6.45) is 4.10. The molecule has 2 heterocycles. The number of hydrogen-bond acceptors (Lipinski definition) is 2. The van der Waals surface area contributed by atoms with Crippen molar-refractivity contribution < 1.29 is 4.42 Å². The lowest BCUT2D eigenvalue weighted by Crippen LogP contribution is -2.13. The summed E-state index contributed by atoms with van der Waals surface area (Å²) in [6.45, 7) is 3.07. The molecular formula is C13H13NO. The Kier molecular flexibility index (Phi) is 1.66. The first-order valence-corrected chi connectivity index (χ1v) is 5.15. The van der Waals surface area contributed by atoms with Crippen molar-refractivity contribution in [3.63, 3.8) is 0 Å². The molecule has 0 amide bonds. The van der Waals surface area contributed by atoms with E-state index in [4.69, 9.17) is 4.42 Å². The second-order valence-electron chi connectivity index (χ2n) is 4.12. The molecule has 0 N–H and O–H groups in total. The summed E-state index contributed by atoms with van der Waals surface area (Å²) in [4.78, 5) is 2.17. The maximum atomic E-state index is 5.81. The van der Waals surface area contributed by atoms with Crippen LogP contribution in [0.15, 0.2) is 28.8 Å². The topological polar surface area (TPSA) is 16.4 Å². The second-order valence-corrected chi connectivity index (χ2v) is 4.12. The van der Waals surface area contributed by atoms with Gasteiger partial charge in [-0.25, -0.2) is 0 Å². The summed E-state index contributed by atoms with van der Waals surface area (Å²) in [5.74, 6) is 1.01. The van der Waals surface area contributed by atoms with Gasteiger partial charge in [0, 0.05) is 30.7 Å². The van der Waals surface area contributed by atoms with Crippen LogP contribution in [0.25, 0.3) is 17.0 Å². The highest BCUT2D eigenvalue weighted by molar-refractivity contribution is 5.88. The van der Waals surface area contributed by atoms with Crippen molar-refractivity contribution in [3.8, 4) is 0 Å². The van der Waals surface area contributed by atoms with Crippen LogP contribution in [0.3, 0.4) is 0 Å². The standard InChI is InChI=1S/C13H13NO/c1-9-4-3-5-12-13(9)10-8-14(2)7-6-11(10)15-12/h3-7H,8H2,1-2H3. The zero-order chi connectivity index (χ0) is 10.4. The van der Waals surface area contributed by atoms with Gasteiger partial charge in [0.1, 0.15) is 11.3 Å². The van der Waals surface area contributed by atoms with E-state index >= 15 is 0 Å². The van der Waals surface area contributed by atoms with Crippen molar-refractivity contribution in [2.75, 3.05) is 7.05 Å². The Morgan fingerprint density at radius 3 is 3.07 bits per heavy atom. The fraction of sp³-hybridized carbons (Fsp3) is 0.231. The van der Waals surface area contributed by atoms with Crippen LogP contribution < -0.4 is 0 Å². The molecule has 0 fully saturated rings. The quantitative estimate of drug-likeness (QED) is 0.648. The van der Waals surface area contributed by atoms with Crippen LogP contribution >= 0.6 is 0 Å². The number of hydrogen-bond donors (Lipinski definition) is 0. The van der Waals surface area contributed by atoms with Crippen molar-refractivity contribution >= 4 is 17.0 Å². The maximum Gasteiger partial charge on any atom is 0.135 e. The highest BCUT2D eigenvalue weighted by Gasteiger charge is 2.17. The first-order valence-electron chi connectivity index (χ1n) is 5.15. The molecule has 0 saturated heterocycles. The van der Waals surface area contributed by atoms with Gasteiger partial charge in [0.25, 0.3) is 0 Å². The SMILES string of the molecule is Cc1cccc2oc3c(c12)CN(C)C=C3. The third-order valence-electron chi connectivity index (χ3n) is 2.94. The van der Waals surface area contributed by atoms with Crippen LogP contribution in [-0.2, 0) is 6.54 Å². The number of rotatable bonds is 0. The van der Waals surface area contributed by atoms with E-state index in [1.807, 2.05) is 18.2 Å². The highest BCUT2D eigenvalue weighted by atomic mass is 16.3. The molecule has 15 heavy (non-hydrogen) atoms. The van der Waals surface area contributed by atoms with Gasteiger partial charge in [-0.1, -0.05) is 12.1 Å². The van der Waals surface area contributed by atoms with E-state index in [0.717, 1.165) is 17.9 Å². The molecule has 0 spiro atoms. The second kappa shape index (κ2) is 2.89. The van der Waals surface area contributed by atoms with E-state index < -0.39 is 0 Å². The van der Waals surface area contributed by atoms with Crippen molar-refractivity contribution in [2.24, 2.45) is 0 Å². The fourth-order valence-corrected chi connectivity index (χ4v) is 2.20. The fourth-order valence-electron chi connectivity index (χ4n) is 2.20. The maximum absolute atomic E-state index is 5.81. The molecule has 1 aromatic carbocycles. The number of fused-ring (bicyclic) bond motifs is 3. The van der Waals surface area contributed by atoms with Crippen molar-refractivity contribution in [1.82, 2.24) is 4.90 Å². The zero-order valence-electron chi connectivity index (χ0n) is 8.95. The Morgan fingerprint density at radius 2 is 2.20 bits per heavy atom. The summed E-state index contributed by atoms with van der Waals surface area (Å²) >= 11 is 0. The Morgan fingerprint density at radius 1 is 1.33 bits per heavy atom. The van der Waals surface area contributed by atoms with Crippen molar-refractivity contribution in [3.05, 3.63) is 41.3 Å². The van der Waals surface area contributed by atoms with Crippen LogP contribution in [0.1, 0.15) is 16.9 Å². The van der Waals surface area contributed by atoms with E-state index in [-0.39, 0.29) is 0 Å². The highest BCUT2D eigenvalue weighted by Crippen LogP contribution is 2.32. The summed E-state index contributed by atoms with van der Waals surface area (Å²) in [5.41, 5.74) is 3.61. The largest absolute Gasteiger partial charge is 0.456 e. The average molecular weight is 199 g/mol. The predicted octanol–water partition coefficient (Wildman–Crippen LogP) is 3.16. The van der Waals surface area contributed by atoms with Gasteiger partial charge in [-0.2, -0.15) is 0 Å². The van der Waals surface area contributed by atoms with Crippen LogP contribution in [0.4, 0.5) is 0 Å². The monoisotopic (exact) mass is 199 g/mol. The van der Waals surface area contributed by atoms with Gasteiger partial charge in [0.05, 0.1) is 0 Å². The van der Waals surface area contributed by atoms with E-state index in [9.17, 15) is 0 Å². The van der Waals surface area contributed by atoms with E-state index in [1.54, 1.807) is 0 Å². The molecule has 2 aromatic rings. The van der Waals surface area contributed by atoms with Gasteiger partial charge in [-0.3, -0.25) is 0 Å². The molecule has 1 aliphatic heterocycles. The lowest BCUT2D eigenvalue weighted by molar-refractivity contribution is 0.439. The minimum atomic E-state index is 0.934. The molecule has 1 aliphatic rings. The van der Waals surface area contributed by atoms with Gasteiger partial charge >= 0.3 is 0 Å². The van der Waals surface area contributed by atoms with E-state index in [2.05, 4.69) is 31.1 Å². The molecule has 0 aliphatic carbocycles. The minimum absolute atomic E-state index is 0.934. The zero-order valence-corrected chi connectivity index (χ0v) is 8.95. The van der Waals surface area contributed by atoms with Crippen LogP contribution in [-0.4, -0.2) is 11.9 Å². The summed E-state index contributed by atoms with van der Waals surface area (Å²) in [5, 5.41) is 1.28. The number of aryl methyl sites for hydroxylation is 1. The van der Waals surface area contributed by atoms with E-state index in [1.165, 1.54) is 16.5 Å². The van der Waals surface area contributed by atoms with Crippen LogP contribution in [0, 0.1) is 6.92 Å². The average Bonchev–Trinajstić information content (AvgIpc) is 2.57. The third-order valence-corrected chi connectivity index (χ3v) is 2.94. The molecule has 1 aromatic heterocycles. The lowest BCUT2D eigenvalue weighted by Gasteiger charge is -2.17. The number of nitrogens with zero attached hydrogens (tertiary/aromatic N) is 1. The van der Waals surface area contributed by atoms with Crippen LogP contribution in [0.2, 0.25) is 0 Å². The van der Waals surface area contributed by atoms with Crippen LogP contribution in [0.5, 0.6) is 0 Å². The molecule has 0 unspecified atom stereocenters. The minimum Gasteiger partial charge on any atom is -0.456 e. The molecule has 0 saturated carbocycles. The molecule has 2 nitrogen and oxygen atoms in total. The Labute approximate surface area is 88.8 Å².